The largest absolute Gasteiger partial charge is 0.326 e. The number of nitrogens with one attached hydrogen (secondary N) is 2. The normalized spacial score (nSPS) is 11.6. The van der Waals surface area contributed by atoms with E-state index in [1.807, 2.05) is 0 Å². The van der Waals surface area contributed by atoms with Gasteiger partial charge in [-0.25, -0.2) is 13.8 Å². The summed E-state index contributed by atoms with van der Waals surface area (Å²) in [6, 6.07) is 12.6. The molecular weight excluding hydrogens is 404 g/mol. The molecule has 2 aromatic carbocycles. The molecule has 0 aliphatic rings. The summed E-state index contributed by atoms with van der Waals surface area (Å²) in [5, 5.41) is 6.80. The maximum atomic E-state index is 12.5. The molecule has 2 N–H and O–H groups in total. The maximum absolute atomic E-state index is 12.5. The molecule has 0 aliphatic heterocycles. The van der Waals surface area contributed by atoms with Crippen LogP contribution in [0.25, 0.3) is 0 Å². The molecule has 148 valence electrons. The third kappa shape index (κ3) is 5.88. The zero-order valence-electron chi connectivity index (χ0n) is 15.2. The van der Waals surface area contributed by atoms with Gasteiger partial charge < -0.3 is 5.32 Å². The smallest absolute Gasteiger partial charge is 0.255 e. The van der Waals surface area contributed by atoms with Gasteiger partial charge in [-0.05, 0) is 30.3 Å². The van der Waals surface area contributed by atoms with Gasteiger partial charge in [0.1, 0.15) is 0 Å². The SMILES string of the molecule is CC(=O)Nc1ccc(S(=O)(=O)N(C)CC(=O)N/N=C\c2ccccc2Cl)cc1. The van der Waals surface area contributed by atoms with E-state index in [0.29, 0.717) is 16.3 Å². The molecule has 0 fully saturated rings. The minimum atomic E-state index is -3.88. The number of anilines is 1. The summed E-state index contributed by atoms with van der Waals surface area (Å²) in [6.07, 6.45) is 1.37. The quantitative estimate of drug-likeness (QED) is 0.526. The van der Waals surface area contributed by atoms with Crippen molar-refractivity contribution in [3.8, 4) is 0 Å². The summed E-state index contributed by atoms with van der Waals surface area (Å²) in [6.45, 7) is 0.931. The molecule has 2 rings (SSSR count). The van der Waals surface area contributed by atoms with Crippen molar-refractivity contribution in [1.82, 2.24) is 9.73 Å². The molecular formula is C18H19ClN4O4S. The Hall–Kier alpha value is -2.75. The number of amides is 2. The van der Waals surface area contributed by atoms with E-state index in [4.69, 9.17) is 11.6 Å². The molecule has 0 atom stereocenters. The zero-order chi connectivity index (χ0) is 20.7. The number of carbonyl (C=O) groups excluding carboxylic acids is 2. The second-order valence-electron chi connectivity index (χ2n) is 5.78. The first-order chi connectivity index (χ1) is 13.2. The maximum Gasteiger partial charge on any atom is 0.255 e. The molecule has 8 nitrogen and oxygen atoms in total. The first kappa shape index (κ1) is 21.5. The summed E-state index contributed by atoms with van der Waals surface area (Å²) >= 11 is 5.98. The van der Waals surface area contributed by atoms with Crippen LogP contribution in [0.3, 0.4) is 0 Å². The predicted molar refractivity (Wildman–Crippen MR) is 108 cm³/mol. The van der Waals surface area contributed by atoms with Crippen LogP contribution in [0.1, 0.15) is 12.5 Å². The van der Waals surface area contributed by atoms with Crippen molar-refractivity contribution in [2.24, 2.45) is 5.10 Å². The highest BCUT2D eigenvalue weighted by molar-refractivity contribution is 7.89. The molecule has 28 heavy (non-hydrogen) atoms. The lowest BCUT2D eigenvalue weighted by molar-refractivity contribution is -0.121. The number of hydrogen-bond donors (Lipinski definition) is 2. The molecule has 2 aromatic rings. The summed E-state index contributed by atoms with van der Waals surface area (Å²) in [7, 11) is -2.59. The Labute approximate surface area is 168 Å². The van der Waals surface area contributed by atoms with Gasteiger partial charge in [0.2, 0.25) is 15.9 Å². The van der Waals surface area contributed by atoms with E-state index in [2.05, 4.69) is 15.8 Å². The highest BCUT2D eigenvalue weighted by atomic mass is 35.5. The van der Waals surface area contributed by atoms with Gasteiger partial charge in [-0.3, -0.25) is 9.59 Å². The molecule has 0 aliphatic carbocycles. The van der Waals surface area contributed by atoms with Crippen molar-refractivity contribution < 1.29 is 18.0 Å². The van der Waals surface area contributed by atoms with E-state index in [9.17, 15) is 18.0 Å². The molecule has 0 radical (unpaired) electrons. The highest BCUT2D eigenvalue weighted by Crippen LogP contribution is 2.17. The van der Waals surface area contributed by atoms with E-state index < -0.39 is 22.5 Å². The van der Waals surface area contributed by atoms with E-state index in [1.54, 1.807) is 24.3 Å². The summed E-state index contributed by atoms with van der Waals surface area (Å²) in [5.74, 6) is -0.869. The predicted octanol–water partition coefficient (Wildman–Crippen LogP) is 2.07. The molecule has 2 amide bonds. The summed E-state index contributed by atoms with van der Waals surface area (Å²) in [4.78, 5) is 23.0. The second-order valence-corrected chi connectivity index (χ2v) is 8.23. The Bertz CT molecular complexity index is 991. The van der Waals surface area contributed by atoms with Crippen molar-refractivity contribution >= 4 is 45.3 Å². The number of sulfonamides is 1. The monoisotopic (exact) mass is 422 g/mol. The average Bonchev–Trinajstić information content (AvgIpc) is 2.63. The molecule has 0 aromatic heterocycles. The van der Waals surface area contributed by atoms with Gasteiger partial charge in [0.15, 0.2) is 0 Å². The Morgan fingerprint density at radius 2 is 1.79 bits per heavy atom. The number of halogens is 1. The van der Waals surface area contributed by atoms with Gasteiger partial charge in [0, 0.05) is 30.2 Å². The fraction of sp³-hybridized carbons (Fsp3) is 0.167. The van der Waals surface area contributed by atoms with Crippen molar-refractivity contribution in [2.75, 3.05) is 18.9 Å². The minimum Gasteiger partial charge on any atom is -0.326 e. The van der Waals surface area contributed by atoms with Gasteiger partial charge >= 0.3 is 0 Å². The van der Waals surface area contributed by atoms with E-state index in [-0.39, 0.29) is 10.8 Å². The van der Waals surface area contributed by atoms with E-state index in [0.717, 1.165) is 4.31 Å². The zero-order valence-corrected chi connectivity index (χ0v) is 16.8. The van der Waals surface area contributed by atoms with Gasteiger partial charge in [-0.1, -0.05) is 29.8 Å². The van der Waals surface area contributed by atoms with Crippen molar-refractivity contribution in [3.05, 3.63) is 59.1 Å². The summed E-state index contributed by atoms with van der Waals surface area (Å²) in [5.41, 5.74) is 3.35. The van der Waals surface area contributed by atoms with Crippen LogP contribution in [0, 0.1) is 0 Å². The van der Waals surface area contributed by atoms with Gasteiger partial charge in [-0.2, -0.15) is 9.41 Å². The third-order valence-corrected chi connectivity index (χ3v) is 5.71. The van der Waals surface area contributed by atoms with Crippen LogP contribution < -0.4 is 10.7 Å². The van der Waals surface area contributed by atoms with Crippen LogP contribution in [0.4, 0.5) is 5.69 Å². The number of rotatable bonds is 7. The first-order valence-electron chi connectivity index (χ1n) is 8.10. The van der Waals surface area contributed by atoms with Gasteiger partial charge in [0.05, 0.1) is 17.7 Å². The van der Waals surface area contributed by atoms with Crippen LogP contribution in [0.2, 0.25) is 5.02 Å². The van der Waals surface area contributed by atoms with Crippen LogP contribution in [-0.4, -0.2) is 44.3 Å². The number of nitrogens with zero attached hydrogens (tertiary/aromatic N) is 2. The fourth-order valence-corrected chi connectivity index (χ4v) is 3.48. The van der Waals surface area contributed by atoms with Crippen LogP contribution in [0.5, 0.6) is 0 Å². The van der Waals surface area contributed by atoms with E-state index >= 15 is 0 Å². The highest BCUT2D eigenvalue weighted by Gasteiger charge is 2.22. The Balaban J connectivity index is 1.98. The molecule has 0 spiro atoms. The number of carbonyl (C=O) groups is 2. The number of hydrazone groups is 1. The average molecular weight is 423 g/mol. The topological polar surface area (TPSA) is 108 Å². The van der Waals surface area contributed by atoms with Gasteiger partial charge in [0.25, 0.3) is 5.91 Å². The van der Waals surface area contributed by atoms with Crippen LogP contribution in [-0.2, 0) is 19.6 Å². The van der Waals surface area contributed by atoms with Crippen LogP contribution >= 0.6 is 11.6 Å². The minimum absolute atomic E-state index is 0.00327. The molecule has 0 unspecified atom stereocenters. The number of likely N-dealkylation sites (N-methyl/N-ethyl adjacent to an activating group) is 1. The molecule has 0 saturated heterocycles. The van der Waals surface area contributed by atoms with Crippen molar-refractivity contribution in [1.29, 1.82) is 0 Å². The third-order valence-electron chi connectivity index (χ3n) is 3.55. The fourth-order valence-electron chi connectivity index (χ4n) is 2.17. The second kappa shape index (κ2) is 9.45. The molecule has 0 heterocycles. The lowest BCUT2D eigenvalue weighted by atomic mass is 10.2. The Morgan fingerprint density at radius 1 is 1.14 bits per heavy atom. The molecule has 0 saturated carbocycles. The van der Waals surface area contributed by atoms with Crippen molar-refractivity contribution in [3.63, 3.8) is 0 Å². The Kier molecular flexibility index (Phi) is 7.27. The van der Waals surface area contributed by atoms with Crippen molar-refractivity contribution in [2.45, 2.75) is 11.8 Å². The first-order valence-corrected chi connectivity index (χ1v) is 9.92. The molecule has 10 heteroatoms. The van der Waals surface area contributed by atoms with Crippen LogP contribution in [0.15, 0.2) is 58.5 Å². The molecule has 0 bridgehead atoms. The summed E-state index contributed by atoms with van der Waals surface area (Å²) < 4.78 is 26.0. The lowest BCUT2D eigenvalue weighted by Crippen LogP contribution is -2.36. The number of benzene rings is 2. The van der Waals surface area contributed by atoms with E-state index in [1.165, 1.54) is 44.5 Å². The standard InChI is InChI=1S/C18H19ClN4O4S/c1-13(24)21-15-7-9-16(10-8-15)28(26,27)23(2)12-18(25)22-20-11-14-5-3-4-6-17(14)19/h3-11H,12H2,1-2H3,(H,21,24)(H,22,25)/b20-11-. The van der Waals surface area contributed by atoms with Gasteiger partial charge in [-0.15, -0.1) is 0 Å². The lowest BCUT2D eigenvalue weighted by Gasteiger charge is -2.16. The number of hydrogen-bond acceptors (Lipinski definition) is 5. The Morgan fingerprint density at radius 3 is 2.39 bits per heavy atom.